The molecule has 1 aliphatic rings. The molecule has 1 fully saturated rings. The Labute approximate surface area is 148 Å². The number of halogens is 1. The molecule has 0 radical (unpaired) electrons. The molecule has 0 aromatic heterocycles. The highest BCUT2D eigenvalue weighted by molar-refractivity contribution is 5.89. The van der Waals surface area contributed by atoms with Gasteiger partial charge in [0.25, 0.3) is 0 Å². The molecular weight excluding hydrogens is 317 g/mol. The van der Waals surface area contributed by atoms with Gasteiger partial charge in [-0.2, -0.15) is 0 Å². The van der Waals surface area contributed by atoms with E-state index in [9.17, 15) is 14.3 Å². The lowest BCUT2D eigenvalue weighted by Gasteiger charge is -2.48. The maximum Gasteiger partial charge on any atom is 0.233 e. The molecule has 3 nitrogen and oxygen atoms in total. The molecular formula is C21H24FNO2. The van der Waals surface area contributed by atoms with Crippen molar-refractivity contribution in [1.82, 2.24) is 4.90 Å². The van der Waals surface area contributed by atoms with E-state index in [4.69, 9.17) is 0 Å². The summed E-state index contributed by atoms with van der Waals surface area (Å²) in [6.45, 7) is 11.4. The van der Waals surface area contributed by atoms with E-state index in [0.29, 0.717) is 12.0 Å². The largest absolute Gasteiger partial charge is 0.392 e. The number of aliphatic hydroxyl groups excluding tert-OH is 1. The summed E-state index contributed by atoms with van der Waals surface area (Å²) in [5, 5.41) is 9.62. The Morgan fingerprint density at radius 1 is 1.36 bits per heavy atom. The van der Waals surface area contributed by atoms with Gasteiger partial charge in [-0.15, -0.1) is 0 Å². The van der Waals surface area contributed by atoms with Crippen molar-refractivity contribution < 1.29 is 14.3 Å². The fourth-order valence-corrected chi connectivity index (χ4v) is 3.06. The van der Waals surface area contributed by atoms with Gasteiger partial charge in [0.2, 0.25) is 5.91 Å². The van der Waals surface area contributed by atoms with Gasteiger partial charge in [-0.3, -0.25) is 4.79 Å². The number of carbonyl (C=O) groups is 1. The van der Waals surface area contributed by atoms with E-state index in [0.717, 1.165) is 16.8 Å². The zero-order chi connectivity index (χ0) is 18.6. The van der Waals surface area contributed by atoms with Crippen LogP contribution in [0, 0.1) is 11.7 Å². The van der Waals surface area contributed by atoms with E-state index in [1.54, 1.807) is 23.1 Å². The van der Waals surface area contributed by atoms with E-state index in [1.807, 2.05) is 26.0 Å². The first-order valence-corrected chi connectivity index (χ1v) is 8.27. The van der Waals surface area contributed by atoms with Crippen LogP contribution in [0.3, 0.4) is 0 Å². The molecule has 1 amide bonds. The van der Waals surface area contributed by atoms with Crippen LogP contribution in [-0.4, -0.2) is 28.6 Å². The smallest absolute Gasteiger partial charge is 0.233 e. The summed E-state index contributed by atoms with van der Waals surface area (Å²) in [7, 11) is 0. The summed E-state index contributed by atoms with van der Waals surface area (Å²) in [6, 6.07) is 5.83. The zero-order valence-corrected chi connectivity index (χ0v) is 14.7. The number of aliphatic hydroxyl groups is 1. The molecule has 25 heavy (non-hydrogen) atoms. The van der Waals surface area contributed by atoms with Crippen molar-refractivity contribution in [2.75, 3.05) is 6.61 Å². The number of benzene rings is 1. The fraction of sp³-hybridized carbons (Fsp3) is 0.286. The second-order valence-electron chi connectivity index (χ2n) is 6.10. The van der Waals surface area contributed by atoms with Crippen molar-refractivity contribution in [3.63, 3.8) is 0 Å². The molecule has 1 aromatic carbocycles. The summed E-state index contributed by atoms with van der Waals surface area (Å²) in [5.74, 6) is -0.520. The number of carbonyl (C=O) groups excluding carboxylic acids is 1. The Hall–Kier alpha value is -2.46. The average Bonchev–Trinajstić information content (AvgIpc) is 2.63. The van der Waals surface area contributed by atoms with E-state index < -0.39 is 0 Å². The van der Waals surface area contributed by atoms with Crippen molar-refractivity contribution in [3.05, 3.63) is 78.3 Å². The molecule has 1 aromatic rings. The van der Waals surface area contributed by atoms with Gasteiger partial charge in [-0.1, -0.05) is 43.5 Å². The highest BCUT2D eigenvalue weighted by Gasteiger charge is 2.47. The molecule has 0 aliphatic carbocycles. The van der Waals surface area contributed by atoms with Gasteiger partial charge in [-0.25, -0.2) is 4.39 Å². The number of β-lactam (4-membered cyclic amide) rings is 1. The maximum absolute atomic E-state index is 13.1. The first-order chi connectivity index (χ1) is 11.9. The summed E-state index contributed by atoms with van der Waals surface area (Å²) < 4.78 is 13.1. The summed E-state index contributed by atoms with van der Waals surface area (Å²) in [5.41, 5.74) is 3.11. The first kappa shape index (κ1) is 18.9. The number of hydrogen-bond acceptors (Lipinski definition) is 2. The Kier molecular flexibility index (Phi) is 6.10. The standard InChI is InChI=1S/C21H24FNO2/c1-5-14(3)20-19(21(25)23(20)15(4)6-2)12-9-17(13-24)16-7-10-18(22)11-8-16/h5-11,19-20,24H,1,3,12-13H2,2,4H3/b15-6+,17-9-/t19-,20?/m1/s1. The molecule has 1 unspecified atom stereocenters. The fourth-order valence-electron chi connectivity index (χ4n) is 3.06. The first-order valence-electron chi connectivity index (χ1n) is 8.27. The van der Waals surface area contributed by atoms with Gasteiger partial charge >= 0.3 is 0 Å². The molecule has 2 atom stereocenters. The molecule has 1 N–H and O–H groups in total. The van der Waals surface area contributed by atoms with Crippen LogP contribution in [0.2, 0.25) is 0 Å². The second kappa shape index (κ2) is 8.08. The molecule has 1 heterocycles. The van der Waals surface area contributed by atoms with Crippen LogP contribution in [0.25, 0.3) is 5.57 Å². The summed E-state index contributed by atoms with van der Waals surface area (Å²) >= 11 is 0. The molecule has 2 rings (SSSR count). The lowest BCUT2D eigenvalue weighted by atomic mass is 9.79. The van der Waals surface area contributed by atoms with E-state index in [2.05, 4.69) is 13.2 Å². The minimum atomic E-state index is -0.324. The Balaban J connectivity index is 2.22. The third kappa shape index (κ3) is 3.80. The van der Waals surface area contributed by atoms with Crippen LogP contribution in [0.4, 0.5) is 4.39 Å². The topological polar surface area (TPSA) is 40.5 Å². The highest BCUT2D eigenvalue weighted by Crippen LogP contribution is 2.38. The van der Waals surface area contributed by atoms with E-state index >= 15 is 0 Å². The van der Waals surface area contributed by atoms with Gasteiger partial charge in [-0.05, 0) is 49.1 Å². The lowest BCUT2D eigenvalue weighted by molar-refractivity contribution is -0.149. The van der Waals surface area contributed by atoms with Crippen molar-refractivity contribution >= 4 is 11.5 Å². The lowest BCUT2D eigenvalue weighted by Crippen LogP contribution is -2.60. The molecule has 0 saturated carbocycles. The van der Waals surface area contributed by atoms with E-state index in [-0.39, 0.29) is 30.3 Å². The number of likely N-dealkylation sites (tertiary alicyclic amines) is 1. The van der Waals surface area contributed by atoms with Gasteiger partial charge in [0.15, 0.2) is 0 Å². The molecule has 1 aliphatic heterocycles. The Morgan fingerprint density at radius 2 is 2.00 bits per heavy atom. The quantitative estimate of drug-likeness (QED) is 0.599. The predicted octanol–water partition coefficient (Wildman–Crippen LogP) is 4.08. The van der Waals surface area contributed by atoms with Gasteiger partial charge in [0.1, 0.15) is 5.82 Å². The van der Waals surface area contributed by atoms with Crippen LogP contribution in [0.1, 0.15) is 25.8 Å². The van der Waals surface area contributed by atoms with Crippen LogP contribution < -0.4 is 0 Å². The number of hydrogen-bond donors (Lipinski definition) is 1. The molecule has 0 spiro atoms. The van der Waals surface area contributed by atoms with Gasteiger partial charge < -0.3 is 10.0 Å². The maximum atomic E-state index is 13.1. The number of allylic oxidation sites excluding steroid dienone is 3. The Bertz CT molecular complexity index is 731. The minimum absolute atomic E-state index is 0.0382. The third-order valence-electron chi connectivity index (χ3n) is 4.66. The molecule has 4 heteroatoms. The Morgan fingerprint density at radius 3 is 2.52 bits per heavy atom. The van der Waals surface area contributed by atoms with Crippen LogP contribution >= 0.6 is 0 Å². The van der Waals surface area contributed by atoms with Crippen molar-refractivity contribution in [1.29, 1.82) is 0 Å². The minimum Gasteiger partial charge on any atom is -0.392 e. The highest BCUT2D eigenvalue weighted by atomic mass is 19.1. The predicted molar refractivity (Wildman–Crippen MR) is 99.0 cm³/mol. The van der Waals surface area contributed by atoms with E-state index in [1.165, 1.54) is 12.1 Å². The monoisotopic (exact) mass is 341 g/mol. The van der Waals surface area contributed by atoms with Crippen LogP contribution in [-0.2, 0) is 4.79 Å². The third-order valence-corrected chi connectivity index (χ3v) is 4.66. The molecule has 0 bridgehead atoms. The summed E-state index contributed by atoms with van der Waals surface area (Å²) in [4.78, 5) is 14.3. The van der Waals surface area contributed by atoms with Crippen molar-refractivity contribution in [2.45, 2.75) is 26.3 Å². The van der Waals surface area contributed by atoms with Crippen LogP contribution in [0.5, 0.6) is 0 Å². The zero-order valence-electron chi connectivity index (χ0n) is 14.7. The number of amides is 1. The molecule has 1 saturated heterocycles. The van der Waals surface area contributed by atoms with Crippen LogP contribution in [0.15, 0.2) is 66.9 Å². The normalized spacial score (nSPS) is 21.1. The van der Waals surface area contributed by atoms with Crippen molar-refractivity contribution in [3.8, 4) is 0 Å². The number of rotatable bonds is 7. The van der Waals surface area contributed by atoms with Gasteiger partial charge in [0, 0.05) is 5.70 Å². The van der Waals surface area contributed by atoms with Gasteiger partial charge in [0.05, 0.1) is 18.6 Å². The number of nitrogens with zero attached hydrogens (tertiary/aromatic N) is 1. The SMILES string of the molecule is C=CC(=C)C1[C@@H](C/C=C(/CO)c2ccc(F)cc2)C(=O)N1/C(C)=C/C. The summed E-state index contributed by atoms with van der Waals surface area (Å²) in [6.07, 6.45) is 5.90. The average molecular weight is 341 g/mol. The van der Waals surface area contributed by atoms with Crippen molar-refractivity contribution in [2.24, 2.45) is 5.92 Å². The second-order valence-corrected chi connectivity index (χ2v) is 6.10. The molecule has 132 valence electrons.